The predicted molar refractivity (Wildman–Crippen MR) is 77.5 cm³/mol. The molecule has 1 aromatic carbocycles. The molecule has 19 heavy (non-hydrogen) atoms. The summed E-state index contributed by atoms with van der Waals surface area (Å²) >= 11 is 0. The van der Waals surface area contributed by atoms with Crippen LogP contribution < -0.4 is 0 Å². The number of rotatable bonds is 3. The summed E-state index contributed by atoms with van der Waals surface area (Å²) in [6.45, 7) is 5.36. The Kier molecular flexibility index (Phi) is 3.65. The summed E-state index contributed by atoms with van der Waals surface area (Å²) in [5.41, 5.74) is 3.32. The fraction of sp³-hybridized carbons (Fsp3) is 0.250. The number of allylic oxidation sites excluding steroid dienone is 3. The van der Waals surface area contributed by atoms with E-state index in [1.165, 1.54) is 18.1 Å². The predicted octanol–water partition coefficient (Wildman–Crippen LogP) is 3.67. The summed E-state index contributed by atoms with van der Waals surface area (Å²) in [6, 6.07) is 8.24. The minimum absolute atomic E-state index is 0.285. The van der Waals surface area contributed by atoms with Gasteiger partial charge in [-0.25, -0.2) is 4.79 Å². The Morgan fingerprint density at radius 3 is 2.74 bits per heavy atom. The van der Waals surface area contributed by atoms with Crippen molar-refractivity contribution in [3.05, 3.63) is 47.5 Å². The van der Waals surface area contributed by atoms with Crippen LogP contribution in [0.3, 0.4) is 0 Å². The van der Waals surface area contributed by atoms with Crippen LogP contribution in [0, 0.1) is 5.41 Å². The van der Waals surface area contributed by atoms with E-state index in [9.17, 15) is 4.79 Å². The maximum Gasteiger partial charge on any atom is 0.331 e. The summed E-state index contributed by atoms with van der Waals surface area (Å²) in [4.78, 5) is 15.3. The highest BCUT2D eigenvalue weighted by Crippen LogP contribution is 2.32. The average Bonchev–Trinajstić information content (AvgIpc) is 2.71. The van der Waals surface area contributed by atoms with Crippen LogP contribution in [0.15, 0.2) is 41.6 Å². The molecule has 0 bridgehead atoms. The number of benzene rings is 1. The molecule has 0 radical (unpaired) electrons. The van der Waals surface area contributed by atoms with Crippen molar-refractivity contribution in [1.29, 1.82) is 0 Å². The minimum Gasteiger partial charge on any atom is -0.319 e. The van der Waals surface area contributed by atoms with E-state index in [0.29, 0.717) is 0 Å². The largest absolute Gasteiger partial charge is 0.331 e. The first-order valence-corrected chi connectivity index (χ1v) is 6.20. The highest BCUT2D eigenvalue weighted by Gasteiger charge is 2.17. The standard InChI is InChI=1S/C16H17NO2/c1-12(18)19-17-11-16(2,3)10-14-9-8-13-6-4-5-7-15(13)14/h4-11H,1-3H3/b14-10-,17-11+. The zero-order chi connectivity index (χ0) is 13.9. The summed E-state index contributed by atoms with van der Waals surface area (Å²) < 4.78 is 0. The van der Waals surface area contributed by atoms with Crippen LogP contribution in [-0.4, -0.2) is 12.2 Å². The second-order valence-electron chi connectivity index (χ2n) is 5.16. The molecule has 0 spiro atoms. The third kappa shape index (κ3) is 3.41. The summed E-state index contributed by atoms with van der Waals surface area (Å²) in [7, 11) is 0. The van der Waals surface area contributed by atoms with Crippen LogP contribution in [0.25, 0.3) is 11.6 Å². The van der Waals surface area contributed by atoms with Gasteiger partial charge in [0.1, 0.15) is 0 Å². The number of carbonyl (C=O) groups is 1. The van der Waals surface area contributed by atoms with Crippen LogP contribution in [0.4, 0.5) is 0 Å². The number of hydrogen-bond acceptors (Lipinski definition) is 3. The van der Waals surface area contributed by atoms with Gasteiger partial charge in [-0.1, -0.05) is 61.5 Å². The molecule has 0 atom stereocenters. The molecule has 0 amide bonds. The van der Waals surface area contributed by atoms with Gasteiger partial charge >= 0.3 is 5.97 Å². The van der Waals surface area contributed by atoms with Crippen molar-refractivity contribution in [3.63, 3.8) is 0 Å². The average molecular weight is 255 g/mol. The third-order valence-electron chi connectivity index (χ3n) is 2.81. The fourth-order valence-corrected chi connectivity index (χ4v) is 1.97. The molecule has 2 rings (SSSR count). The van der Waals surface area contributed by atoms with E-state index in [0.717, 1.165) is 5.57 Å². The molecule has 1 aliphatic carbocycles. The van der Waals surface area contributed by atoms with Crippen LogP contribution in [-0.2, 0) is 9.63 Å². The molecular formula is C16H17NO2. The topological polar surface area (TPSA) is 38.7 Å². The van der Waals surface area contributed by atoms with E-state index in [1.807, 2.05) is 26.0 Å². The first kappa shape index (κ1) is 13.3. The first-order valence-electron chi connectivity index (χ1n) is 6.20. The molecule has 98 valence electrons. The van der Waals surface area contributed by atoms with Crippen LogP contribution >= 0.6 is 0 Å². The lowest BCUT2D eigenvalue weighted by Gasteiger charge is -2.14. The molecule has 0 fully saturated rings. The molecule has 0 heterocycles. The molecule has 3 heteroatoms. The highest BCUT2D eigenvalue weighted by molar-refractivity contribution is 5.91. The van der Waals surface area contributed by atoms with Gasteiger partial charge in [0.2, 0.25) is 0 Å². The van der Waals surface area contributed by atoms with Gasteiger partial charge in [0, 0.05) is 12.3 Å². The molecule has 0 unspecified atom stereocenters. The maximum atomic E-state index is 10.7. The summed E-state index contributed by atoms with van der Waals surface area (Å²) in [5.74, 6) is -0.411. The lowest BCUT2D eigenvalue weighted by Crippen LogP contribution is -2.10. The Bertz CT molecular complexity index is 580. The molecule has 0 saturated carbocycles. The van der Waals surface area contributed by atoms with Crippen LogP contribution in [0.1, 0.15) is 31.9 Å². The summed E-state index contributed by atoms with van der Waals surface area (Å²) in [5, 5.41) is 3.70. The van der Waals surface area contributed by atoms with Gasteiger partial charge < -0.3 is 4.84 Å². The lowest BCUT2D eigenvalue weighted by atomic mass is 9.90. The maximum absolute atomic E-state index is 10.7. The van der Waals surface area contributed by atoms with Crippen molar-refractivity contribution in [1.82, 2.24) is 0 Å². The van der Waals surface area contributed by atoms with Gasteiger partial charge in [-0.05, 0) is 16.7 Å². The van der Waals surface area contributed by atoms with Gasteiger partial charge in [0.25, 0.3) is 0 Å². The second kappa shape index (κ2) is 5.22. The Balaban J connectivity index is 2.20. The normalized spacial score (nSPS) is 16.1. The number of carbonyl (C=O) groups excluding carboxylic acids is 1. The van der Waals surface area contributed by atoms with Crippen molar-refractivity contribution < 1.29 is 9.63 Å². The molecule has 1 aliphatic rings. The SMILES string of the molecule is CC(=O)O/N=C/C(C)(C)/C=C1/C=Cc2ccccc21. The molecule has 1 aromatic rings. The van der Waals surface area contributed by atoms with Gasteiger partial charge in [-0.15, -0.1) is 0 Å². The Hall–Kier alpha value is -2.16. The van der Waals surface area contributed by atoms with Gasteiger partial charge in [0.15, 0.2) is 0 Å². The lowest BCUT2D eigenvalue weighted by molar-refractivity contribution is -0.140. The zero-order valence-corrected chi connectivity index (χ0v) is 11.4. The van der Waals surface area contributed by atoms with Crippen LogP contribution in [0.2, 0.25) is 0 Å². The first-order chi connectivity index (χ1) is 8.98. The van der Waals surface area contributed by atoms with E-state index in [1.54, 1.807) is 6.21 Å². The van der Waals surface area contributed by atoms with E-state index in [4.69, 9.17) is 0 Å². The molecule has 0 N–H and O–H groups in total. The molecule has 0 aromatic heterocycles. The minimum atomic E-state index is -0.411. The monoisotopic (exact) mass is 255 g/mol. The third-order valence-corrected chi connectivity index (χ3v) is 2.81. The number of oxime groups is 1. The van der Waals surface area contributed by atoms with E-state index >= 15 is 0 Å². The van der Waals surface area contributed by atoms with Crippen molar-refractivity contribution in [3.8, 4) is 0 Å². The highest BCUT2D eigenvalue weighted by atomic mass is 16.7. The second-order valence-corrected chi connectivity index (χ2v) is 5.16. The van der Waals surface area contributed by atoms with Crippen molar-refractivity contribution >= 4 is 23.8 Å². The Labute approximate surface area is 113 Å². The van der Waals surface area contributed by atoms with Crippen molar-refractivity contribution in [2.24, 2.45) is 10.6 Å². The molecular weight excluding hydrogens is 238 g/mol. The molecule has 0 aliphatic heterocycles. The smallest absolute Gasteiger partial charge is 0.319 e. The number of nitrogens with zero attached hydrogens (tertiary/aromatic N) is 1. The van der Waals surface area contributed by atoms with Gasteiger partial charge in [-0.2, -0.15) is 0 Å². The quantitative estimate of drug-likeness (QED) is 0.469. The van der Waals surface area contributed by atoms with Crippen molar-refractivity contribution in [2.75, 3.05) is 0 Å². The Morgan fingerprint density at radius 1 is 1.26 bits per heavy atom. The van der Waals surface area contributed by atoms with E-state index < -0.39 is 5.97 Å². The fourth-order valence-electron chi connectivity index (χ4n) is 1.97. The summed E-state index contributed by atoms with van der Waals surface area (Å²) in [6.07, 6.45) is 7.94. The van der Waals surface area contributed by atoms with Gasteiger partial charge in [-0.3, -0.25) is 0 Å². The molecule has 0 saturated heterocycles. The van der Waals surface area contributed by atoms with Gasteiger partial charge in [0.05, 0.1) is 6.21 Å². The van der Waals surface area contributed by atoms with Crippen molar-refractivity contribution in [2.45, 2.75) is 20.8 Å². The van der Waals surface area contributed by atoms with E-state index in [-0.39, 0.29) is 5.41 Å². The van der Waals surface area contributed by atoms with E-state index in [2.05, 4.69) is 40.4 Å². The molecule has 3 nitrogen and oxygen atoms in total. The number of hydrogen-bond donors (Lipinski definition) is 0. The zero-order valence-electron chi connectivity index (χ0n) is 11.4. The Morgan fingerprint density at radius 2 is 2.00 bits per heavy atom. The van der Waals surface area contributed by atoms with Crippen LogP contribution in [0.5, 0.6) is 0 Å². The number of fused-ring (bicyclic) bond motifs is 1.